The zero-order valence-corrected chi connectivity index (χ0v) is 20.3. The summed E-state index contributed by atoms with van der Waals surface area (Å²) in [5.74, 6) is 0.343. The molecule has 1 saturated heterocycles. The largest absolute Gasteiger partial charge is 0.378 e. The molecule has 0 unspecified atom stereocenters. The van der Waals surface area contributed by atoms with Crippen molar-refractivity contribution in [2.75, 3.05) is 58.3 Å². The van der Waals surface area contributed by atoms with E-state index >= 15 is 0 Å². The van der Waals surface area contributed by atoms with Gasteiger partial charge in [-0.25, -0.2) is 0 Å². The number of H-pyrrole nitrogens is 1. The van der Waals surface area contributed by atoms with E-state index in [1.54, 1.807) is 0 Å². The topological polar surface area (TPSA) is 54.6 Å². The molecule has 0 aliphatic carbocycles. The molecule has 1 aliphatic heterocycles. The molecule has 1 amide bonds. The van der Waals surface area contributed by atoms with Gasteiger partial charge in [-0.2, -0.15) is 0 Å². The van der Waals surface area contributed by atoms with E-state index in [-0.39, 0.29) is 17.9 Å². The summed E-state index contributed by atoms with van der Waals surface area (Å²) >= 11 is 0. The van der Waals surface area contributed by atoms with E-state index in [1.165, 1.54) is 22.2 Å². The molecule has 2 N–H and O–H groups in total. The van der Waals surface area contributed by atoms with E-state index < -0.39 is 0 Å². The van der Waals surface area contributed by atoms with E-state index in [1.807, 2.05) is 11.8 Å². The zero-order chi connectivity index (χ0) is 23.4. The first-order valence-electron chi connectivity index (χ1n) is 12.1. The first-order chi connectivity index (χ1) is 16.0. The van der Waals surface area contributed by atoms with Crippen molar-refractivity contribution < 1.29 is 4.79 Å². The lowest BCUT2D eigenvalue weighted by Gasteiger charge is -2.35. The number of nitrogens with zero attached hydrogens (tertiary/aromatic N) is 3. The number of carbonyl (C=O) groups is 1. The van der Waals surface area contributed by atoms with E-state index in [0.29, 0.717) is 6.54 Å². The Morgan fingerprint density at radius 2 is 1.76 bits per heavy atom. The molecule has 2 heterocycles. The first kappa shape index (κ1) is 23.3. The van der Waals surface area contributed by atoms with Crippen molar-refractivity contribution in [2.45, 2.75) is 25.8 Å². The number of para-hydroxylation sites is 1. The minimum absolute atomic E-state index is 0.143. The van der Waals surface area contributed by atoms with Crippen LogP contribution in [0.3, 0.4) is 0 Å². The van der Waals surface area contributed by atoms with E-state index in [0.717, 1.165) is 38.2 Å². The van der Waals surface area contributed by atoms with Gasteiger partial charge in [0.05, 0.1) is 6.04 Å². The van der Waals surface area contributed by atoms with Gasteiger partial charge in [0.2, 0.25) is 5.91 Å². The highest BCUT2D eigenvalue weighted by molar-refractivity contribution is 5.84. The van der Waals surface area contributed by atoms with Gasteiger partial charge in [-0.3, -0.25) is 4.79 Å². The standard InChI is InChI=1S/C27H37N5O/c1-5-31-14-16-32(17-15-31)27(33)20(2)28-18-24(21-10-12-22(13-11-21)30(3)4)25-19-29-26-9-7-6-8-23(25)26/h6-13,19-20,24,28-29H,5,14-18H2,1-4H3/t20-,24+/m1/s1. The number of amides is 1. The van der Waals surface area contributed by atoms with Crippen LogP contribution in [-0.4, -0.2) is 80.1 Å². The second kappa shape index (κ2) is 10.4. The van der Waals surface area contributed by atoms with Crippen LogP contribution < -0.4 is 10.2 Å². The number of aromatic amines is 1. The summed E-state index contributed by atoms with van der Waals surface area (Å²) in [5.41, 5.74) is 4.82. The minimum Gasteiger partial charge on any atom is -0.378 e. The molecule has 6 heteroatoms. The molecule has 0 radical (unpaired) electrons. The molecule has 2 atom stereocenters. The number of anilines is 1. The molecule has 33 heavy (non-hydrogen) atoms. The van der Waals surface area contributed by atoms with Gasteiger partial charge in [-0.1, -0.05) is 37.3 Å². The normalized spacial score (nSPS) is 16.7. The maximum atomic E-state index is 13.1. The number of hydrogen-bond donors (Lipinski definition) is 2. The summed E-state index contributed by atoms with van der Waals surface area (Å²) in [6, 6.07) is 17.0. The lowest BCUT2D eigenvalue weighted by molar-refractivity contribution is -0.134. The van der Waals surface area contributed by atoms with Gasteiger partial charge < -0.3 is 25.0 Å². The Labute approximate surface area is 197 Å². The number of carbonyl (C=O) groups excluding carboxylic acids is 1. The molecule has 0 spiro atoms. The van der Waals surface area contributed by atoms with Gasteiger partial charge in [0.1, 0.15) is 0 Å². The van der Waals surface area contributed by atoms with Gasteiger partial charge in [0.25, 0.3) is 0 Å². The molecule has 1 fully saturated rings. The van der Waals surface area contributed by atoms with Crippen LogP contribution >= 0.6 is 0 Å². The Bertz CT molecular complexity index is 1050. The summed E-state index contributed by atoms with van der Waals surface area (Å²) < 4.78 is 0. The molecule has 4 rings (SSSR count). The monoisotopic (exact) mass is 447 g/mol. The summed E-state index contributed by atoms with van der Waals surface area (Å²) in [6.45, 7) is 9.48. The van der Waals surface area contributed by atoms with Crippen molar-refractivity contribution in [2.24, 2.45) is 0 Å². The zero-order valence-electron chi connectivity index (χ0n) is 20.3. The number of rotatable bonds is 8. The number of hydrogen-bond acceptors (Lipinski definition) is 4. The van der Waals surface area contributed by atoms with Gasteiger partial charge in [-0.05, 0) is 42.8 Å². The third-order valence-corrected chi connectivity index (χ3v) is 6.94. The SMILES string of the molecule is CCN1CCN(C(=O)[C@@H](C)NC[C@@H](c2ccc(N(C)C)cc2)c2c[nH]c3ccccc23)CC1. The van der Waals surface area contributed by atoms with Crippen molar-refractivity contribution in [3.8, 4) is 0 Å². The van der Waals surface area contributed by atoms with E-state index in [4.69, 9.17) is 0 Å². The third-order valence-electron chi connectivity index (χ3n) is 6.94. The van der Waals surface area contributed by atoms with Crippen LogP contribution in [0, 0.1) is 0 Å². The molecule has 6 nitrogen and oxygen atoms in total. The van der Waals surface area contributed by atoms with Crippen molar-refractivity contribution >= 4 is 22.5 Å². The Kier molecular flexibility index (Phi) is 7.36. The average Bonchev–Trinajstić information content (AvgIpc) is 3.28. The number of likely N-dealkylation sites (N-methyl/N-ethyl adjacent to an activating group) is 1. The number of benzene rings is 2. The molecule has 0 bridgehead atoms. The molecular weight excluding hydrogens is 410 g/mol. The number of fused-ring (bicyclic) bond motifs is 1. The van der Waals surface area contributed by atoms with Crippen LogP contribution in [0.5, 0.6) is 0 Å². The van der Waals surface area contributed by atoms with Gasteiger partial charge >= 0.3 is 0 Å². The Balaban J connectivity index is 1.52. The fraction of sp³-hybridized carbons (Fsp3) is 0.444. The molecule has 1 aliphatic rings. The van der Waals surface area contributed by atoms with Crippen molar-refractivity contribution in [3.05, 3.63) is 65.9 Å². The Morgan fingerprint density at radius 1 is 1.06 bits per heavy atom. The van der Waals surface area contributed by atoms with Gasteiger partial charge in [0, 0.05) is 75.5 Å². The van der Waals surface area contributed by atoms with Crippen molar-refractivity contribution in [1.82, 2.24) is 20.1 Å². The van der Waals surface area contributed by atoms with Crippen LogP contribution in [0.15, 0.2) is 54.7 Å². The lowest BCUT2D eigenvalue weighted by Crippen LogP contribution is -2.53. The fourth-order valence-corrected chi connectivity index (χ4v) is 4.73. The summed E-state index contributed by atoms with van der Waals surface area (Å²) in [6.07, 6.45) is 2.12. The minimum atomic E-state index is -0.216. The summed E-state index contributed by atoms with van der Waals surface area (Å²) in [4.78, 5) is 23.0. The highest BCUT2D eigenvalue weighted by atomic mass is 16.2. The predicted octanol–water partition coefficient (Wildman–Crippen LogP) is 3.51. The quantitative estimate of drug-likeness (QED) is 0.555. The Morgan fingerprint density at radius 3 is 2.42 bits per heavy atom. The molecule has 176 valence electrons. The van der Waals surface area contributed by atoms with Crippen LogP contribution in [0.1, 0.15) is 30.9 Å². The average molecular weight is 448 g/mol. The van der Waals surface area contributed by atoms with Crippen molar-refractivity contribution in [3.63, 3.8) is 0 Å². The maximum Gasteiger partial charge on any atom is 0.239 e. The molecule has 1 aromatic heterocycles. The Hall–Kier alpha value is -2.83. The van der Waals surface area contributed by atoms with Crippen LogP contribution in [-0.2, 0) is 4.79 Å². The van der Waals surface area contributed by atoms with Crippen LogP contribution in [0.4, 0.5) is 5.69 Å². The first-order valence-corrected chi connectivity index (χ1v) is 12.1. The fourth-order valence-electron chi connectivity index (χ4n) is 4.73. The van der Waals surface area contributed by atoms with Crippen LogP contribution in [0.2, 0.25) is 0 Å². The number of piperazine rings is 1. The molecule has 0 saturated carbocycles. The number of aromatic nitrogens is 1. The van der Waals surface area contributed by atoms with E-state index in [9.17, 15) is 4.79 Å². The predicted molar refractivity (Wildman–Crippen MR) is 137 cm³/mol. The molecule has 3 aromatic rings. The number of nitrogens with one attached hydrogen (secondary N) is 2. The highest BCUT2D eigenvalue weighted by Crippen LogP contribution is 2.31. The molecular formula is C27H37N5O. The maximum absolute atomic E-state index is 13.1. The summed E-state index contributed by atoms with van der Waals surface area (Å²) in [7, 11) is 4.11. The third kappa shape index (κ3) is 5.23. The smallest absolute Gasteiger partial charge is 0.239 e. The van der Waals surface area contributed by atoms with Crippen molar-refractivity contribution in [1.29, 1.82) is 0 Å². The van der Waals surface area contributed by atoms with E-state index in [2.05, 4.69) is 95.8 Å². The lowest BCUT2D eigenvalue weighted by atomic mass is 9.90. The van der Waals surface area contributed by atoms with Gasteiger partial charge in [-0.15, -0.1) is 0 Å². The van der Waals surface area contributed by atoms with Gasteiger partial charge in [0.15, 0.2) is 0 Å². The highest BCUT2D eigenvalue weighted by Gasteiger charge is 2.26. The second-order valence-corrected chi connectivity index (χ2v) is 9.22. The molecule has 2 aromatic carbocycles. The van der Waals surface area contributed by atoms with Crippen LogP contribution in [0.25, 0.3) is 10.9 Å². The second-order valence-electron chi connectivity index (χ2n) is 9.22. The summed E-state index contributed by atoms with van der Waals surface area (Å²) in [5, 5.41) is 4.80.